The molecule has 1 aromatic carbocycles. The van der Waals surface area contributed by atoms with Crippen LogP contribution >= 0.6 is 0 Å². The Morgan fingerprint density at radius 1 is 1.30 bits per heavy atom. The summed E-state index contributed by atoms with van der Waals surface area (Å²) >= 11 is 0. The number of carbonyl (C=O) groups is 1. The van der Waals surface area contributed by atoms with Gasteiger partial charge in [-0.3, -0.25) is 9.69 Å². The number of ether oxygens (including phenoxy) is 1. The van der Waals surface area contributed by atoms with Gasteiger partial charge in [0.2, 0.25) is 5.91 Å². The summed E-state index contributed by atoms with van der Waals surface area (Å²) in [5, 5.41) is 3.19. The van der Waals surface area contributed by atoms with Crippen LogP contribution < -0.4 is 10.1 Å². The van der Waals surface area contributed by atoms with E-state index >= 15 is 0 Å². The summed E-state index contributed by atoms with van der Waals surface area (Å²) in [7, 11) is 3.66. The maximum atomic E-state index is 12.9. The first-order chi connectivity index (χ1) is 13.1. The fourth-order valence-corrected chi connectivity index (χ4v) is 4.06. The van der Waals surface area contributed by atoms with Crippen LogP contribution in [0, 0.1) is 5.92 Å². The third-order valence-corrected chi connectivity index (χ3v) is 5.88. The Morgan fingerprint density at radius 3 is 2.74 bits per heavy atom. The van der Waals surface area contributed by atoms with Crippen molar-refractivity contribution in [3.8, 4) is 5.75 Å². The van der Waals surface area contributed by atoms with Gasteiger partial charge in [-0.25, -0.2) is 4.98 Å². The smallest absolute Gasteiger partial charge is 0.230 e. The third kappa shape index (κ3) is 3.86. The Hall–Kier alpha value is -2.34. The van der Waals surface area contributed by atoms with Gasteiger partial charge in [-0.05, 0) is 36.5 Å². The molecule has 0 bridgehead atoms. The first-order valence-electron chi connectivity index (χ1n) is 9.77. The highest BCUT2D eigenvalue weighted by Crippen LogP contribution is 2.30. The van der Waals surface area contributed by atoms with E-state index in [2.05, 4.69) is 27.3 Å². The SMILES string of the molecule is COc1ccc(CN2Cc3ncn(C)c3C(C(=O)NCC3CCC3)C2)cc1. The number of nitrogens with zero attached hydrogens (tertiary/aromatic N) is 3. The van der Waals surface area contributed by atoms with Gasteiger partial charge in [-0.15, -0.1) is 0 Å². The molecule has 6 heteroatoms. The van der Waals surface area contributed by atoms with Gasteiger partial charge >= 0.3 is 0 Å². The van der Waals surface area contributed by atoms with E-state index in [9.17, 15) is 4.79 Å². The standard InChI is InChI=1S/C21H28N4O2/c1-24-14-23-19-13-25(11-16-6-8-17(27-2)9-7-16)12-18(20(19)24)21(26)22-10-15-4-3-5-15/h6-9,14-15,18H,3-5,10-13H2,1-2H3,(H,22,26). The van der Waals surface area contributed by atoms with Gasteiger partial charge in [-0.2, -0.15) is 0 Å². The van der Waals surface area contributed by atoms with Crippen molar-refractivity contribution in [3.05, 3.63) is 47.5 Å². The summed E-state index contributed by atoms with van der Waals surface area (Å²) in [6.07, 6.45) is 5.61. The Morgan fingerprint density at radius 2 is 2.07 bits per heavy atom. The van der Waals surface area contributed by atoms with Crippen molar-refractivity contribution in [1.29, 1.82) is 0 Å². The van der Waals surface area contributed by atoms with Gasteiger partial charge in [0.1, 0.15) is 5.75 Å². The quantitative estimate of drug-likeness (QED) is 0.851. The molecule has 6 nitrogen and oxygen atoms in total. The second-order valence-electron chi connectivity index (χ2n) is 7.80. The van der Waals surface area contributed by atoms with Gasteiger partial charge in [0.25, 0.3) is 0 Å². The summed E-state index contributed by atoms with van der Waals surface area (Å²) in [4.78, 5) is 19.8. The van der Waals surface area contributed by atoms with Crippen molar-refractivity contribution < 1.29 is 9.53 Å². The number of benzene rings is 1. The average molecular weight is 368 g/mol. The van der Waals surface area contributed by atoms with Crippen LogP contribution in [-0.2, 0) is 24.9 Å². The lowest BCUT2D eigenvalue weighted by Gasteiger charge is -2.33. The fraction of sp³-hybridized carbons (Fsp3) is 0.524. The number of amides is 1. The van der Waals surface area contributed by atoms with Crippen LogP contribution in [0.2, 0.25) is 0 Å². The van der Waals surface area contributed by atoms with Gasteiger partial charge in [0, 0.05) is 33.2 Å². The zero-order valence-electron chi connectivity index (χ0n) is 16.1. The third-order valence-electron chi connectivity index (χ3n) is 5.88. The predicted molar refractivity (Wildman–Crippen MR) is 103 cm³/mol. The van der Waals surface area contributed by atoms with Crippen LogP contribution in [0.3, 0.4) is 0 Å². The van der Waals surface area contributed by atoms with Crippen LogP contribution in [0.1, 0.15) is 42.1 Å². The molecule has 0 spiro atoms. The zero-order valence-corrected chi connectivity index (χ0v) is 16.1. The average Bonchev–Trinajstić information content (AvgIpc) is 3.01. The summed E-state index contributed by atoms with van der Waals surface area (Å²) in [6, 6.07) is 8.12. The molecule has 2 heterocycles. The maximum Gasteiger partial charge on any atom is 0.230 e. The molecule has 0 saturated heterocycles. The van der Waals surface area contributed by atoms with E-state index < -0.39 is 0 Å². The number of nitrogens with one attached hydrogen (secondary N) is 1. The molecular weight excluding hydrogens is 340 g/mol. The molecule has 1 aliphatic carbocycles. The molecule has 1 amide bonds. The van der Waals surface area contributed by atoms with Crippen LogP contribution in [0.15, 0.2) is 30.6 Å². The van der Waals surface area contributed by atoms with Crippen molar-refractivity contribution in [2.24, 2.45) is 13.0 Å². The fourth-order valence-electron chi connectivity index (χ4n) is 4.06. The number of aryl methyl sites for hydroxylation is 1. The maximum absolute atomic E-state index is 12.9. The minimum Gasteiger partial charge on any atom is -0.497 e. The monoisotopic (exact) mass is 368 g/mol. The number of rotatable bonds is 6. The summed E-state index contributed by atoms with van der Waals surface area (Å²) in [6.45, 7) is 3.09. The first kappa shape index (κ1) is 18.0. The van der Waals surface area contributed by atoms with Crippen LogP contribution in [0.5, 0.6) is 5.75 Å². The molecule has 2 aromatic rings. The van der Waals surface area contributed by atoms with Crippen LogP contribution in [0.4, 0.5) is 0 Å². The molecule has 1 unspecified atom stereocenters. The Bertz CT molecular complexity index is 795. The van der Waals surface area contributed by atoms with Crippen molar-refractivity contribution in [2.45, 2.75) is 38.3 Å². The molecule has 2 aliphatic rings. The number of imidazole rings is 1. The molecule has 144 valence electrons. The summed E-state index contributed by atoms with van der Waals surface area (Å²) < 4.78 is 7.25. The van der Waals surface area contributed by atoms with E-state index in [1.165, 1.54) is 24.8 Å². The topological polar surface area (TPSA) is 59.4 Å². The van der Waals surface area contributed by atoms with E-state index in [4.69, 9.17) is 4.74 Å². The first-order valence-corrected chi connectivity index (χ1v) is 9.77. The second kappa shape index (κ2) is 7.72. The van der Waals surface area contributed by atoms with E-state index in [1.807, 2.05) is 30.1 Å². The highest BCUT2D eigenvalue weighted by Gasteiger charge is 2.34. The van der Waals surface area contributed by atoms with Crippen LogP contribution in [-0.4, -0.2) is 40.6 Å². The van der Waals surface area contributed by atoms with Gasteiger partial charge in [-0.1, -0.05) is 18.6 Å². The molecule has 1 saturated carbocycles. The number of hydrogen-bond acceptors (Lipinski definition) is 4. The number of carbonyl (C=O) groups excluding carboxylic acids is 1. The van der Waals surface area contributed by atoms with Gasteiger partial charge in [0.05, 0.1) is 30.7 Å². The minimum absolute atomic E-state index is 0.131. The van der Waals surface area contributed by atoms with Crippen molar-refractivity contribution in [2.75, 3.05) is 20.2 Å². The Kier molecular flexibility index (Phi) is 5.16. The van der Waals surface area contributed by atoms with E-state index in [1.54, 1.807) is 7.11 Å². The zero-order chi connectivity index (χ0) is 18.8. The molecule has 1 aromatic heterocycles. The normalized spacial score (nSPS) is 20.0. The molecular formula is C21H28N4O2. The number of hydrogen-bond donors (Lipinski definition) is 1. The Labute approximate surface area is 160 Å². The molecule has 1 atom stereocenters. The lowest BCUT2D eigenvalue weighted by Crippen LogP contribution is -2.43. The molecule has 1 N–H and O–H groups in total. The molecule has 0 radical (unpaired) electrons. The van der Waals surface area contributed by atoms with Crippen molar-refractivity contribution in [3.63, 3.8) is 0 Å². The van der Waals surface area contributed by atoms with Gasteiger partial charge < -0.3 is 14.6 Å². The van der Waals surface area contributed by atoms with Crippen LogP contribution in [0.25, 0.3) is 0 Å². The highest BCUT2D eigenvalue weighted by atomic mass is 16.5. The molecule has 1 aliphatic heterocycles. The van der Waals surface area contributed by atoms with E-state index in [-0.39, 0.29) is 11.8 Å². The number of aromatic nitrogens is 2. The highest BCUT2D eigenvalue weighted by molar-refractivity contribution is 5.84. The van der Waals surface area contributed by atoms with Gasteiger partial charge in [0.15, 0.2) is 0 Å². The Balaban J connectivity index is 1.47. The van der Waals surface area contributed by atoms with E-state index in [0.29, 0.717) is 5.92 Å². The number of methoxy groups -OCH3 is 1. The largest absolute Gasteiger partial charge is 0.497 e. The lowest BCUT2D eigenvalue weighted by molar-refractivity contribution is -0.123. The molecule has 1 fully saturated rings. The lowest BCUT2D eigenvalue weighted by atomic mass is 9.85. The molecule has 4 rings (SSSR count). The number of fused-ring (bicyclic) bond motifs is 1. The van der Waals surface area contributed by atoms with Crippen molar-refractivity contribution in [1.82, 2.24) is 19.8 Å². The second-order valence-corrected chi connectivity index (χ2v) is 7.80. The van der Waals surface area contributed by atoms with E-state index in [0.717, 1.165) is 43.3 Å². The molecule has 27 heavy (non-hydrogen) atoms. The predicted octanol–water partition coefficient (Wildman–Crippen LogP) is 2.44. The summed E-state index contributed by atoms with van der Waals surface area (Å²) in [5.41, 5.74) is 3.29. The van der Waals surface area contributed by atoms with Crippen molar-refractivity contribution >= 4 is 5.91 Å². The summed E-state index contributed by atoms with van der Waals surface area (Å²) in [5.74, 6) is 1.49. The minimum atomic E-state index is -0.167.